The quantitative estimate of drug-likeness (QED) is 0.343. The van der Waals surface area contributed by atoms with Gasteiger partial charge < -0.3 is 23.9 Å². The highest BCUT2D eigenvalue weighted by molar-refractivity contribution is 7.92. The monoisotopic (exact) mass is 494 g/mol. The first-order valence-corrected chi connectivity index (χ1v) is 11.8. The Morgan fingerprint density at radius 1 is 1.14 bits per heavy atom. The van der Waals surface area contributed by atoms with Crippen LogP contribution in [0, 0.1) is 12.3 Å². The zero-order valence-corrected chi connectivity index (χ0v) is 19.8. The molecule has 0 unspecified atom stereocenters. The summed E-state index contributed by atoms with van der Waals surface area (Å²) in [5.74, 6) is 2.13. The van der Waals surface area contributed by atoms with Crippen molar-refractivity contribution in [2.45, 2.75) is 18.0 Å². The van der Waals surface area contributed by atoms with Crippen LogP contribution in [0.25, 0.3) is 11.0 Å². The van der Waals surface area contributed by atoms with E-state index in [9.17, 15) is 13.2 Å². The molecular weight excluding hydrogens is 472 g/mol. The van der Waals surface area contributed by atoms with Crippen LogP contribution >= 0.6 is 0 Å². The SMILES string of the molecule is C#CC(=O)NCc1ccn(Cc2cc(OC)c3c(NS(=O)(=O)c4ccccc4OC)noc3c2)c1. The number of rotatable bonds is 9. The molecule has 4 aromatic rings. The van der Waals surface area contributed by atoms with Gasteiger partial charge in [-0.05, 0) is 47.4 Å². The number of anilines is 1. The maximum Gasteiger partial charge on any atom is 0.295 e. The summed E-state index contributed by atoms with van der Waals surface area (Å²) in [5.41, 5.74) is 2.07. The Hall–Kier alpha value is -4.43. The molecule has 0 aliphatic carbocycles. The fourth-order valence-electron chi connectivity index (χ4n) is 3.57. The van der Waals surface area contributed by atoms with Crippen molar-refractivity contribution < 1.29 is 27.2 Å². The molecule has 0 aliphatic rings. The lowest BCUT2D eigenvalue weighted by Gasteiger charge is -2.11. The number of hydrogen-bond acceptors (Lipinski definition) is 7. The van der Waals surface area contributed by atoms with E-state index in [1.165, 1.54) is 20.3 Å². The van der Waals surface area contributed by atoms with Crippen LogP contribution in [0.4, 0.5) is 5.82 Å². The number of carbonyl (C=O) groups excluding carboxylic acids is 1. The number of benzene rings is 2. The average Bonchev–Trinajstić information content (AvgIpc) is 3.48. The van der Waals surface area contributed by atoms with Crippen molar-refractivity contribution in [1.29, 1.82) is 0 Å². The molecule has 2 aromatic carbocycles. The predicted molar refractivity (Wildman–Crippen MR) is 129 cm³/mol. The third kappa shape index (κ3) is 5.07. The van der Waals surface area contributed by atoms with Crippen LogP contribution in [0.5, 0.6) is 11.5 Å². The standard InChI is InChI=1S/C24H22N4O6S/c1-4-22(29)25-13-16-9-10-28(14-16)15-17-11-19(33-3)23-20(12-17)34-26-24(23)27-35(30,31)21-8-6-5-7-18(21)32-2/h1,5-12,14H,13,15H2,2-3H3,(H,25,29)(H,26,27). The van der Waals surface area contributed by atoms with Gasteiger partial charge in [0.1, 0.15) is 21.8 Å². The highest BCUT2D eigenvalue weighted by atomic mass is 32.2. The summed E-state index contributed by atoms with van der Waals surface area (Å²) >= 11 is 0. The number of methoxy groups -OCH3 is 2. The zero-order chi connectivity index (χ0) is 25.0. The number of amides is 1. The van der Waals surface area contributed by atoms with E-state index in [-0.39, 0.29) is 16.5 Å². The van der Waals surface area contributed by atoms with Crippen molar-refractivity contribution >= 4 is 32.7 Å². The topological polar surface area (TPSA) is 125 Å². The van der Waals surface area contributed by atoms with Crippen molar-refractivity contribution in [3.63, 3.8) is 0 Å². The van der Waals surface area contributed by atoms with Crippen molar-refractivity contribution in [3.8, 4) is 23.8 Å². The summed E-state index contributed by atoms with van der Waals surface area (Å²) in [6, 6.07) is 11.7. The second-order valence-electron chi connectivity index (χ2n) is 7.48. The number of aromatic nitrogens is 2. The Morgan fingerprint density at radius 2 is 1.91 bits per heavy atom. The largest absolute Gasteiger partial charge is 0.496 e. The van der Waals surface area contributed by atoms with Crippen molar-refractivity contribution in [1.82, 2.24) is 15.0 Å². The minimum absolute atomic E-state index is 0.00168. The first-order valence-electron chi connectivity index (χ1n) is 10.4. The van der Waals surface area contributed by atoms with Crippen molar-refractivity contribution in [2.75, 3.05) is 18.9 Å². The molecule has 11 heteroatoms. The van der Waals surface area contributed by atoms with Crippen LogP contribution in [-0.2, 0) is 27.9 Å². The first kappa shape index (κ1) is 23.7. The fourth-order valence-corrected chi connectivity index (χ4v) is 4.75. The van der Waals surface area contributed by atoms with Crippen LogP contribution < -0.4 is 19.5 Å². The number of fused-ring (bicyclic) bond motifs is 1. The van der Waals surface area contributed by atoms with Gasteiger partial charge in [-0.25, -0.2) is 8.42 Å². The van der Waals surface area contributed by atoms with Crippen LogP contribution in [0.1, 0.15) is 11.1 Å². The minimum atomic E-state index is -4.01. The number of nitrogens with one attached hydrogen (secondary N) is 2. The molecule has 2 heterocycles. The number of terminal acetylenes is 1. The van der Waals surface area contributed by atoms with E-state index >= 15 is 0 Å². The maximum absolute atomic E-state index is 13.0. The Bertz CT molecular complexity index is 1530. The highest BCUT2D eigenvalue weighted by Crippen LogP contribution is 2.35. The summed E-state index contributed by atoms with van der Waals surface area (Å²) in [6.45, 7) is 0.786. The maximum atomic E-state index is 13.0. The second-order valence-corrected chi connectivity index (χ2v) is 9.13. The van der Waals surface area contributed by atoms with Gasteiger partial charge in [-0.3, -0.25) is 9.52 Å². The molecule has 180 valence electrons. The molecule has 2 aromatic heterocycles. The van der Waals surface area contributed by atoms with Crippen LogP contribution in [0.2, 0.25) is 0 Å². The molecule has 4 rings (SSSR count). The first-order chi connectivity index (χ1) is 16.8. The third-order valence-corrected chi connectivity index (χ3v) is 6.55. The molecule has 0 saturated carbocycles. The van der Waals surface area contributed by atoms with Gasteiger partial charge in [0.05, 0.1) is 14.2 Å². The molecule has 0 saturated heterocycles. The number of sulfonamides is 1. The lowest BCUT2D eigenvalue weighted by molar-refractivity contribution is -0.115. The number of para-hydroxylation sites is 1. The summed E-state index contributed by atoms with van der Waals surface area (Å²) in [7, 11) is -1.14. The molecule has 1 amide bonds. The van der Waals surface area contributed by atoms with Gasteiger partial charge >= 0.3 is 0 Å². The third-order valence-electron chi connectivity index (χ3n) is 5.17. The lowest BCUT2D eigenvalue weighted by atomic mass is 10.1. The summed E-state index contributed by atoms with van der Waals surface area (Å²) in [4.78, 5) is 11.2. The Kier molecular flexibility index (Phi) is 6.66. The van der Waals surface area contributed by atoms with Gasteiger partial charge in [-0.1, -0.05) is 17.3 Å². The average molecular weight is 495 g/mol. The molecule has 0 aliphatic heterocycles. The van der Waals surface area contributed by atoms with Gasteiger partial charge in [0.2, 0.25) is 0 Å². The zero-order valence-electron chi connectivity index (χ0n) is 18.9. The smallest absolute Gasteiger partial charge is 0.295 e. The Morgan fingerprint density at radius 3 is 2.66 bits per heavy atom. The van der Waals surface area contributed by atoms with Crippen LogP contribution in [-0.4, -0.2) is 38.3 Å². The summed E-state index contributed by atoms with van der Waals surface area (Å²) < 4.78 is 46.5. The Balaban J connectivity index is 1.60. The molecule has 0 bridgehead atoms. The van der Waals surface area contributed by atoms with Gasteiger partial charge in [0.25, 0.3) is 15.9 Å². The number of ether oxygens (including phenoxy) is 2. The second kappa shape index (κ2) is 9.82. The molecule has 0 atom stereocenters. The van der Waals surface area contributed by atoms with Crippen LogP contribution in [0.15, 0.2) is 64.3 Å². The van der Waals surface area contributed by atoms with E-state index in [4.69, 9.17) is 20.4 Å². The van der Waals surface area contributed by atoms with E-state index in [1.54, 1.807) is 30.3 Å². The van der Waals surface area contributed by atoms with E-state index in [2.05, 4.69) is 15.2 Å². The number of nitrogens with zero attached hydrogens (tertiary/aromatic N) is 2. The van der Waals surface area contributed by atoms with E-state index in [1.807, 2.05) is 28.9 Å². The summed E-state index contributed by atoms with van der Waals surface area (Å²) in [5, 5.41) is 6.92. The molecular formula is C24H22N4O6S. The minimum Gasteiger partial charge on any atom is -0.496 e. The van der Waals surface area contributed by atoms with Gasteiger partial charge in [0.15, 0.2) is 11.4 Å². The Labute approximate surface area is 201 Å². The van der Waals surface area contributed by atoms with E-state index in [0.717, 1.165) is 11.1 Å². The van der Waals surface area contributed by atoms with E-state index < -0.39 is 15.9 Å². The van der Waals surface area contributed by atoms with Gasteiger partial charge in [-0.2, -0.15) is 0 Å². The molecule has 0 fully saturated rings. The van der Waals surface area contributed by atoms with Gasteiger partial charge in [-0.15, -0.1) is 6.42 Å². The number of carbonyl (C=O) groups is 1. The molecule has 0 spiro atoms. The fraction of sp³-hybridized carbons (Fsp3) is 0.167. The summed E-state index contributed by atoms with van der Waals surface area (Å²) in [6.07, 6.45) is 8.80. The van der Waals surface area contributed by atoms with Crippen LogP contribution in [0.3, 0.4) is 0 Å². The van der Waals surface area contributed by atoms with Crippen molar-refractivity contribution in [3.05, 3.63) is 66.0 Å². The molecule has 10 nitrogen and oxygen atoms in total. The molecule has 2 N–H and O–H groups in total. The highest BCUT2D eigenvalue weighted by Gasteiger charge is 2.24. The molecule has 0 radical (unpaired) electrons. The normalized spacial score (nSPS) is 11.1. The predicted octanol–water partition coefficient (Wildman–Crippen LogP) is 2.75. The number of hydrogen-bond donors (Lipinski definition) is 2. The van der Waals surface area contributed by atoms with Crippen molar-refractivity contribution in [2.24, 2.45) is 0 Å². The molecule has 35 heavy (non-hydrogen) atoms. The van der Waals surface area contributed by atoms with Gasteiger partial charge in [0, 0.05) is 25.5 Å². The lowest BCUT2D eigenvalue weighted by Crippen LogP contribution is -2.20. The van der Waals surface area contributed by atoms with E-state index in [0.29, 0.717) is 29.8 Å².